The SMILES string of the molecule is CCO[C@H](O)C(F)(F)C(F)(F)F. The molecule has 0 aliphatic heterocycles. The molecule has 0 bridgehead atoms. The smallest absolute Gasteiger partial charge is 0.363 e. The molecule has 0 aliphatic rings. The highest BCUT2D eigenvalue weighted by atomic mass is 19.4. The van der Waals surface area contributed by atoms with Crippen molar-refractivity contribution in [3.63, 3.8) is 0 Å². The van der Waals surface area contributed by atoms with Gasteiger partial charge in [0.1, 0.15) is 0 Å². The van der Waals surface area contributed by atoms with Crippen LogP contribution in [0.15, 0.2) is 0 Å². The van der Waals surface area contributed by atoms with Crippen LogP contribution in [0.4, 0.5) is 22.0 Å². The highest BCUT2D eigenvalue weighted by Gasteiger charge is 2.63. The summed E-state index contributed by atoms with van der Waals surface area (Å²) < 4.78 is 62.0. The van der Waals surface area contributed by atoms with Crippen LogP contribution in [-0.4, -0.2) is 30.1 Å². The first-order valence-corrected chi connectivity index (χ1v) is 2.97. The van der Waals surface area contributed by atoms with Gasteiger partial charge >= 0.3 is 12.1 Å². The molecular weight excluding hydrogens is 187 g/mol. The minimum atomic E-state index is -5.79. The predicted octanol–water partition coefficient (Wildman–Crippen LogP) is 1.54. The van der Waals surface area contributed by atoms with Gasteiger partial charge in [0.05, 0.1) is 0 Å². The normalized spacial score (nSPS) is 16.2. The van der Waals surface area contributed by atoms with Crippen molar-refractivity contribution in [3.8, 4) is 0 Å². The number of rotatable bonds is 3. The summed E-state index contributed by atoms with van der Waals surface area (Å²) in [5.41, 5.74) is 0. The van der Waals surface area contributed by atoms with Crippen LogP contribution < -0.4 is 0 Å². The highest BCUT2D eigenvalue weighted by Crippen LogP contribution is 2.38. The van der Waals surface area contributed by atoms with E-state index in [-0.39, 0.29) is 0 Å². The molecule has 1 N–H and O–H groups in total. The molecule has 0 amide bonds. The van der Waals surface area contributed by atoms with Crippen molar-refractivity contribution >= 4 is 0 Å². The topological polar surface area (TPSA) is 29.5 Å². The molecule has 0 saturated heterocycles. The molecule has 74 valence electrons. The molecule has 0 radical (unpaired) electrons. The lowest BCUT2D eigenvalue weighted by atomic mass is 10.3. The third-order valence-corrected chi connectivity index (χ3v) is 1.01. The largest absolute Gasteiger partial charge is 0.458 e. The van der Waals surface area contributed by atoms with Crippen molar-refractivity contribution in [2.75, 3.05) is 6.61 Å². The monoisotopic (exact) mass is 194 g/mol. The van der Waals surface area contributed by atoms with Crippen LogP contribution in [0.3, 0.4) is 0 Å². The first kappa shape index (κ1) is 11.6. The van der Waals surface area contributed by atoms with Gasteiger partial charge in [-0.15, -0.1) is 0 Å². The maximum Gasteiger partial charge on any atom is 0.458 e. The number of halogens is 5. The van der Waals surface area contributed by atoms with Gasteiger partial charge in [0.2, 0.25) is 6.29 Å². The summed E-state index contributed by atoms with van der Waals surface area (Å²) >= 11 is 0. The van der Waals surface area contributed by atoms with E-state index in [0.29, 0.717) is 0 Å². The van der Waals surface area contributed by atoms with Gasteiger partial charge in [0.15, 0.2) is 0 Å². The first-order valence-electron chi connectivity index (χ1n) is 2.97. The summed E-state index contributed by atoms with van der Waals surface area (Å²) in [6.45, 7) is 0.766. The van der Waals surface area contributed by atoms with Gasteiger partial charge in [-0.25, -0.2) is 0 Å². The van der Waals surface area contributed by atoms with E-state index in [9.17, 15) is 22.0 Å². The molecular formula is C5H7F5O2. The van der Waals surface area contributed by atoms with Crippen LogP contribution in [0.1, 0.15) is 6.92 Å². The molecule has 1 atom stereocenters. The number of ether oxygens (including phenoxy) is 1. The molecule has 0 aromatic heterocycles. The fourth-order valence-electron chi connectivity index (χ4n) is 0.403. The third kappa shape index (κ3) is 2.28. The van der Waals surface area contributed by atoms with Gasteiger partial charge in [-0.05, 0) is 6.92 Å². The lowest BCUT2D eigenvalue weighted by molar-refractivity contribution is -0.355. The highest BCUT2D eigenvalue weighted by molar-refractivity contribution is 4.78. The zero-order valence-electron chi connectivity index (χ0n) is 6.03. The molecule has 0 saturated carbocycles. The van der Waals surface area contributed by atoms with Crippen molar-refractivity contribution < 1.29 is 31.8 Å². The number of alkyl halides is 5. The van der Waals surface area contributed by atoms with Crippen LogP contribution in [0, 0.1) is 0 Å². The van der Waals surface area contributed by atoms with E-state index < -0.39 is 25.0 Å². The first-order chi connectivity index (χ1) is 5.23. The summed E-state index contributed by atoms with van der Waals surface area (Å²) in [7, 11) is 0. The fraction of sp³-hybridized carbons (Fsp3) is 1.00. The molecule has 2 nitrogen and oxygen atoms in total. The van der Waals surface area contributed by atoms with Crippen LogP contribution in [-0.2, 0) is 4.74 Å². The lowest BCUT2D eigenvalue weighted by Crippen LogP contribution is -2.48. The quantitative estimate of drug-likeness (QED) is 0.545. The van der Waals surface area contributed by atoms with Crippen molar-refractivity contribution in [1.29, 1.82) is 0 Å². The second-order valence-corrected chi connectivity index (χ2v) is 1.93. The molecule has 0 aromatic rings. The van der Waals surface area contributed by atoms with Crippen molar-refractivity contribution in [2.24, 2.45) is 0 Å². The van der Waals surface area contributed by atoms with E-state index in [1.165, 1.54) is 6.92 Å². The van der Waals surface area contributed by atoms with Gasteiger partial charge in [-0.1, -0.05) is 0 Å². The minimum absolute atomic E-state index is 0.424. The summed E-state index contributed by atoms with van der Waals surface area (Å²) in [6, 6.07) is 0. The van der Waals surface area contributed by atoms with Crippen molar-refractivity contribution in [3.05, 3.63) is 0 Å². The van der Waals surface area contributed by atoms with Crippen LogP contribution in [0.25, 0.3) is 0 Å². The molecule has 0 rings (SSSR count). The molecule has 0 aliphatic carbocycles. The summed E-state index contributed by atoms with van der Waals surface area (Å²) in [4.78, 5) is 0. The van der Waals surface area contributed by atoms with E-state index in [1.807, 2.05) is 0 Å². The average molecular weight is 194 g/mol. The Morgan fingerprint density at radius 2 is 1.67 bits per heavy atom. The van der Waals surface area contributed by atoms with E-state index >= 15 is 0 Å². The minimum Gasteiger partial charge on any atom is -0.363 e. The Morgan fingerprint density at radius 1 is 1.25 bits per heavy atom. The molecule has 12 heavy (non-hydrogen) atoms. The Hall–Kier alpha value is -0.430. The van der Waals surface area contributed by atoms with E-state index in [2.05, 4.69) is 4.74 Å². The summed E-state index contributed by atoms with van der Waals surface area (Å²) in [5, 5.41) is 8.22. The standard InChI is InChI=1S/C5H7F5O2/c1-2-12-3(11)4(6,7)5(8,9)10/h3,11H,2H2,1H3/t3-/m0/s1. The third-order valence-electron chi connectivity index (χ3n) is 1.01. The average Bonchev–Trinajstić information content (AvgIpc) is 1.85. The Kier molecular flexibility index (Phi) is 3.40. The van der Waals surface area contributed by atoms with Crippen LogP contribution in [0.2, 0.25) is 0 Å². The fourth-order valence-corrected chi connectivity index (χ4v) is 0.403. The second-order valence-electron chi connectivity index (χ2n) is 1.93. The number of hydrogen-bond acceptors (Lipinski definition) is 2. The Labute approximate surface area is 64.9 Å². The Bertz CT molecular complexity index is 143. The van der Waals surface area contributed by atoms with Gasteiger partial charge < -0.3 is 9.84 Å². The molecule has 0 unspecified atom stereocenters. The van der Waals surface area contributed by atoms with E-state index in [0.717, 1.165) is 0 Å². The Morgan fingerprint density at radius 3 is 1.92 bits per heavy atom. The van der Waals surface area contributed by atoms with Gasteiger partial charge in [0, 0.05) is 6.61 Å². The second kappa shape index (κ2) is 3.53. The molecule has 0 heterocycles. The van der Waals surface area contributed by atoms with E-state index in [4.69, 9.17) is 5.11 Å². The number of hydrogen-bond donors (Lipinski definition) is 1. The molecule has 7 heteroatoms. The number of aliphatic hydroxyl groups excluding tert-OH is 1. The van der Waals surface area contributed by atoms with Crippen molar-refractivity contribution in [1.82, 2.24) is 0 Å². The zero-order valence-corrected chi connectivity index (χ0v) is 6.03. The number of aliphatic hydroxyl groups is 1. The molecule has 0 fully saturated rings. The van der Waals surface area contributed by atoms with Gasteiger partial charge in [0.25, 0.3) is 0 Å². The van der Waals surface area contributed by atoms with Crippen LogP contribution in [0.5, 0.6) is 0 Å². The summed E-state index contributed by atoms with van der Waals surface area (Å²) in [5.74, 6) is -5.22. The molecule has 0 spiro atoms. The maximum atomic E-state index is 12.0. The van der Waals surface area contributed by atoms with Crippen LogP contribution >= 0.6 is 0 Å². The summed E-state index contributed by atoms with van der Waals surface area (Å²) in [6.07, 6.45) is -8.93. The van der Waals surface area contributed by atoms with Crippen molar-refractivity contribution in [2.45, 2.75) is 25.3 Å². The predicted molar refractivity (Wildman–Crippen MR) is 28.6 cm³/mol. The maximum absolute atomic E-state index is 12.0. The zero-order chi connectivity index (χ0) is 9.99. The lowest BCUT2D eigenvalue weighted by Gasteiger charge is -2.23. The van der Waals surface area contributed by atoms with Gasteiger partial charge in [-0.2, -0.15) is 22.0 Å². The van der Waals surface area contributed by atoms with E-state index in [1.54, 1.807) is 0 Å². The Balaban J connectivity index is 4.38. The van der Waals surface area contributed by atoms with Gasteiger partial charge in [-0.3, -0.25) is 0 Å². The molecule has 0 aromatic carbocycles.